The van der Waals surface area contributed by atoms with Crippen molar-refractivity contribution in [3.05, 3.63) is 29.8 Å². The molecule has 1 rings (SSSR count). The zero-order valence-electron chi connectivity index (χ0n) is 13.6. The van der Waals surface area contributed by atoms with Gasteiger partial charge in [-0.05, 0) is 39.8 Å². The van der Waals surface area contributed by atoms with Gasteiger partial charge in [-0.2, -0.15) is 0 Å². The van der Waals surface area contributed by atoms with Gasteiger partial charge in [0.15, 0.2) is 0 Å². The van der Waals surface area contributed by atoms with E-state index in [9.17, 15) is 14.4 Å². The molecular weight excluding hydrogens is 284 g/mol. The van der Waals surface area contributed by atoms with Crippen LogP contribution in [0.4, 0.5) is 5.69 Å². The van der Waals surface area contributed by atoms with Gasteiger partial charge in [0.2, 0.25) is 0 Å². The van der Waals surface area contributed by atoms with Gasteiger partial charge in [0.05, 0.1) is 18.4 Å². The van der Waals surface area contributed by atoms with Crippen molar-refractivity contribution in [1.82, 2.24) is 4.90 Å². The Morgan fingerprint density at radius 2 is 1.77 bits per heavy atom. The molecular formula is C16H22N2O4. The van der Waals surface area contributed by atoms with E-state index in [2.05, 4.69) is 10.1 Å². The molecule has 0 aliphatic rings. The second kappa shape index (κ2) is 7.06. The summed E-state index contributed by atoms with van der Waals surface area (Å²) in [7, 11) is 1.25. The van der Waals surface area contributed by atoms with Crippen molar-refractivity contribution < 1.29 is 19.1 Å². The van der Waals surface area contributed by atoms with Crippen molar-refractivity contribution in [2.75, 3.05) is 19.0 Å². The van der Waals surface area contributed by atoms with Gasteiger partial charge in [-0.15, -0.1) is 0 Å². The predicted octanol–water partition coefficient (Wildman–Crippen LogP) is 2.06. The lowest BCUT2D eigenvalue weighted by Crippen LogP contribution is -2.50. The maximum Gasteiger partial charge on any atom is 0.339 e. The Kier molecular flexibility index (Phi) is 5.68. The fourth-order valence-electron chi connectivity index (χ4n) is 2.10. The van der Waals surface area contributed by atoms with Gasteiger partial charge in [0.1, 0.15) is 0 Å². The molecule has 0 aromatic heterocycles. The number of methoxy groups -OCH3 is 1. The first-order valence-electron chi connectivity index (χ1n) is 7.02. The Morgan fingerprint density at radius 1 is 1.18 bits per heavy atom. The number of carbonyl (C=O) groups is 3. The second-order valence-corrected chi connectivity index (χ2v) is 5.71. The first-order chi connectivity index (χ1) is 10.2. The van der Waals surface area contributed by atoms with Crippen LogP contribution in [0, 0.1) is 0 Å². The largest absolute Gasteiger partial charge is 0.465 e. The lowest BCUT2D eigenvalue weighted by atomic mass is 10.1. The summed E-state index contributed by atoms with van der Waals surface area (Å²) in [5.74, 6) is -2.01. The number of para-hydroxylation sites is 1. The van der Waals surface area contributed by atoms with Crippen LogP contribution in [0.2, 0.25) is 0 Å². The van der Waals surface area contributed by atoms with Crippen LogP contribution in [0.15, 0.2) is 24.3 Å². The molecule has 0 atom stereocenters. The third-order valence-electron chi connectivity index (χ3n) is 3.15. The monoisotopic (exact) mass is 306 g/mol. The zero-order chi connectivity index (χ0) is 16.9. The van der Waals surface area contributed by atoms with E-state index in [-0.39, 0.29) is 11.3 Å². The number of hydrogen-bond donors (Lipinski definition) is 1. The van der Waals surface area contributed by atoms with Crippen LogP contribution in [0.5, 0.6) is 0 Å². The Balaban J connectivity index is 2.99. The summed E-state index contributed by atoms with van der Waals surface area (Å²) < 4.78 is 4.66. The molecule has 0 aliphatic heterocycles. The average molecular weight is 306 g/mol. The number of hydrogen-bond acceptors (Lipinski definition) is 4. The maximum absolute atomic E-state index is 12.3. The molecule has 0 saturated heterocycles. The topological polar surface area (TPSA) is 75.7 Å². The molecule has 0 aliphatic carbocycles. The number of benzene rings is 1. The quantitative estimate of drug-likeness (QED) is 0.685. The van der Waals surface area contributed by atoms with E-state index in [1.807, 2.05) is 20.8 Å². The summed E-state index contributed by atoms with van der Waals surface area (Å²) in [4.78, 5) is 37.6. The summed E-state index contributed by atoms with van der Waals surface area (Å²) >= 11 is 0. The summed E-state index contributed by atoms with van der Waals surface area (Å²) in [6.45, 7) is 7.77. The van der Waals surface area contributed by atoms with E-state index in [1.54, 1.807) is 25.1 Å². The molecule has 1 aromatic rings. The minimum atomic E-state index is -0.784. The Labute approximate surface area is 130 Å². The third-order valence-corrected chi connectivity index (χ3v) is 3.15. The fraction of sp³-hybridized carbons (Fsp3) is 0.438. The number of amides is 2. The molecule has 0 fully saturated rings. The Hall–Kier alpha value is -2.37. The zero-order valence-corrected chi connectivity index (χ0v) is 13.6. The van der Waals surface area contributed by atoms with Crippen LogP contribution in [0.25, 0.3) is 0 Å². The smallest absolute Gasteiger partial charge is 0.339 e. The van der Waals surface area contributed by atoms with Crippen LogP contribution in [0.1, 0.15) is 38.1 Å². The lowest BCUT2D eigenvalue weighted by Gasteiger charge is -2.34. The fourth-order valence-corrected chi connectivity index (χ4v) is 2.10. The Bertz CT molecular complexity index is 576. The number of esters is 1. The van der Waals surface area contributed by atoms with E-state index in [1.165, 1.54) is 18.1 Å². The van der Waals surface area contributed by atoms with Gasteiger partial charge >= 0.3 is 17.8 Å². The number of nitrogens with zero attached hydrogens (tertiary/aromatic N) is 1. The van der Waals surface area contributed by atoms with Crippen molar-refractivity contribution in [2.45, 2.75) is 33.2 Å². The minimum Gasteiger partial charge on any atom is -0.465 e. The Morgan fingerprint density at radius 3 is 2.27 bits per heavy atom. The highest BCUT2D eigenvalue weighted by atomic mass is 16.5. The number of ether oxygens (including phenoxy) is 1. The number of anilines is 1. The molecule has 0 saturated carbocycles. The molecule has 0 heterocycles. The standard InChI is InChI=1S/C16H22N2O4/c1-6-18(16(2,3)4)14(20)13(19)17-12-10-8-7-9-11(12)15(21)22-5/h7-10H,6H2,1-5H3,(H,17,19). The number of nitrogens with one attached hydrogen (secondary N) is 1. The van der Waals surface area contributed by atoms with Gasteiger partial charge in [-0.25, -0.2) is 4.79 Å². The number of likely N-dealkylation sites (N-methyl/N-ethyl adjacent to an activating group) is 1. The minimum absolute atomic E-state index is 0.199. The molecule has 0 spiro atoms. The van der Waals surface area contributed by atoms with E-state index < -0.39 is 23.3 Å². The van der Waals surface area contributed by atoms with Crippen LogP contribution in [0.3, 0.4) is 0 Å². The first-order valence-corrected chi connectivity index (χ1v) is 7.02. The van der Waals surface area contributed by atoms with Crippen LogP contribution in [-0.2, 0) is 14.3 Å². The molecule has 6 nitrogen and oxygen atoms in total. The molecule has 1 aromatic carbocycles. The molecule has 0 unspecified atom stereocenters. The summed E-state index contributed by atoms with van der Waals surface area (Å²) in [6, 6.07) is 6.38. The van der Waals surface area contributed by atoms with E-state index >= 15 is 0 Å². The third kappa shape index (κ3) is 4.07. The second-order valence-electron chi connectivity index (χ2n) is 5.71. The van der Waals surface area contributed by atoms with E-state index in [0.717, 1.165) is 0 Å². The van der Waals surface area contributed by atoms with Gasteiger partial charge in [-0.1, -0.05) is 12.1 Å². The lowest BCUT2D eigenvalue weighted by molar-refractivity contribution is -0.146. The molecule has 1 N–H and O–H groups in total. The number of carbonyl (C=O) groups excluding carboxylic acids is 3. The normalized spacial score (nSPS) is 10.8. The predicted molar refractivity (Wildman–Crippen MR) is 83.6 cm³/mol. The van der Waals surface area contributed by atoms with Crippen molar-refractivity contribution in [3.8, 4) is 0 Å². The van der Waals surface area contributed by atoms with Gasteiger partial charge in [0.25, 0.3) is 0 Å². The van der Waals surface area contributed by atoms with Gasteiger partial charge < -0.3 is 15.0 Å². The SMILES string of the molecule is CCN(C(=O)C(=O)Nc1ccccc1C(=O)OC)C(C)(C)C. The van der Waals surface area contributed by atoms with Crippen LogP contribution in [-0.4, -0.2) is 41.9 Å². The van der Waals surface area contributed by atoms with Gasteiger partial charge in [-0.3, -0.25) is 9.59 Å². The highest BCUT2D eigenvalue weighted by Gasteiger charge is 2.30. The first kappa shape index (κ1) is 17.7. The molecule has 2 amide bonds. The molecule has 22 heavy (non-hydrogen) atoms. The molecule has 6 heteroatoms. The summed E-state index contributed by atoms with van der Waals surface area (Å²) in [6.07, 6.45) is 0. The van der Waals surface area contributed by atoms with Crippen molar-refractivity contribution in [3.63, 3.8) is 0 Å². The highest BCUT2D eigenvalue weighted by Crippen LogP contribution is 2.18. The highest BCUT2D eigenvalue weighted by molar-refractivity contribution is 6.40. The summed E-state index contributed by atoms with van der Waals surface area (Å²) in [5, 5.41) is 2.48. The number of rotatable bonds is 3. The summed E-state index contributed by atoms with van der Waals surface area (Å²) in [5.41, 5.74) is -0.0204. The molecule has 120 valence electrons. The average Bonchev–Trinajstić information content (AvgIpc) is 2.46. The van der Waals surface area contributed by atoms with E-state index in [0.29, 0.717) is 6.54 Å². The van der Waals surface area contributed by atoms with Crippen molar-refractivity contribution in [1.29, 1.82) is 0 Å². The van der Waals surface area contributed by atoms with Crippen LogP contribution >= 0.6 is 0 Å². The van der Waals surface area contributed by atoms with Crippen LogP contribution < -0.4 is 5.32 Å². The van der Waals surface area contributed by atoms with Crippen molar-refractivity contribution in [2.24, 2.45) is 0 Å². The molecule has 0 radical (unpaired) electrons. The van der Waals surface area contributed by atoms with Gasteiger partial charge in [0, 0.05) is 12.1 Å². The van der Waals surface area contributed by atoms with E-state index in [4.69, 9.17) is 0 Å². The maximum atomic E-state index is 12.3. The van der Waals surface area contributed by atoms with Crippen molar-refractivity contribution >= 4 is 23.5 Å². The molecule has 0 bridgehead atoms.